The average molecular weight is 249 g/mol. The van der Waals surface area contributed by atoms with Crippen LogP contribution in [0.2, 0.25) is 0 Å². The molecule has 0 saturated carbocycles. The molecule has 0 N–H and O–H groups in total. The Kier molecular flexibility index (Phi) is 2.94. The summed E-state index contributed by atoms with van der Waals surface area (Å²) < 4.78 is 5.45. The first-order chi connectivity index (χ1) is 9.34. The molecule has 92 valence electrons. The van der Waals surface area contributed by atoms with Crippen molar-refractivity contribution in [1.29, 1.82) is 0 Å². The van der Waals surface area contributed by atoms with Crippen molar-refractivity contribution in [2.24, 2.45) is 0 Å². The van der Waals surface area contributed by atoms with Gasteiger partial charge in [0.1, 0.15) is 5.75 Å². The Hall–Kier alpha value is -2.68. The van der Waals surface area contributed by atoms with Gasteiger partial charge >= 0.3 is 5.97 Å². The number of esters is 1. The fourth-order valence-corrected chi connectivity index (χ4v) is 1.91. The summed E-state index contributed by atoms with van der Waals surface area (Å²) in [5.74, 6) is 0.193. The minimum absolute atomic E-state index is 0.357. The molecule has 0 spiro atoms. The molecular weight excluding hydrogens is 238 g/mol. The standard InChI is InChI=1S/C16H11NO2/c18-16(12-5-2-1-3-6-12)19-15-8-4-7-13-11-17-10-9-14(13)15/h1-11H. The van der Waals surface area contributed by atoms with Crippen LogP contribution < -0.4 is 4.74 Å². The van der Waals surface area contributed by atoms with E-state index in [9.17, 15) is 4.79 Å². The summed E-state index contributed by atoms with van der Waals surface area (Å²) in [5.41, 5.74) is 0.536. The largest absolute Gasteiger partial charge is 0.422 e. The van der Waals surface area contributed by atoms with Crippen molar-refractivity contribution in [1.82, 2.24) is 4.98 Å². The molecule has 1 aromatic heterocycles. The number of hydrogen-bond donors (Lipinski definition) is 0. The summed E-state index contributed by atoms with van der Waals surface area (Å²) in [5, 5.41) is 1.82. The first-order valence-electron chi connectivity index (χ1n) is 5.94. The van der Waals surface area contributed by atoms with Crippen molar-refractivity contribution in [3.8, 4) is 5.75 Å². The quantitative estimate of drug-likeness (QED) is 0.515. The Morgan fingerprint density at radius 2 is 1.79 bits per heavy atom. The Morgan fingerprint density at radius 3 is 2.63 bits per heavy atom. The lowest BCUT2D eigenvalue weighted by molar-refractivity contribution is 0.0737. The second-order valence-corrected chi connectivity index (χ2v) is 4.11. The van der Waals surface area contributed by atoms with Gasteiger partial charge in [0.15, 0.2) is 0 Å². The second-order valence-electron chi connectivity index (χ2n) is 4.11. The van der Waals surface area contributed by atoms with Gasteiger partial charge in [0.25, 0.3) is 0 Å². The zero-order chi connectivity index (χ0) is 13.1. The Balaban J connectivity index is 1.96. The summed E-state index contributed by atoms with van der Waals surface area (Å²) in [4.78, 5) is 16.1. The predicted octanol–water partition coefficient (Wildman–Crippen LogP) is 3.45. The van der Waals surface area contributed by atoms with E-state index >= 15 is 0 Å². The van der Waals surface area contributed by atoms with Crippen molar-refractivity contribution in [2.45, 2.75) is 0 Å². The van der Waals surface area contributed by atoms with Crippen LogP contribution in [0.3, 0.4) is 0 Å². The lowest BCUT2D eigenvalue weighted by Crippen LogP contribution is -2.08. The normalized spacial score (nSPS) is 10.3. The van der Waals surface area contributed by atoms with E-state index in [1.165, 1.54) is 0 Å². The van der Waals surface area contributed by atoms with E-state index < -0.39 is 0 Å². The zero-order valence-electron chi connectivity index (χ0n) is 10.1. The number of rotatable bonds is 2. The zero-order valence-corrected chi connectivity index (χ0v) is 10.1. The minimum atomic E-state index is -0.357. The van der Waals surface area contributed by atoms with Crippen molar-refractivity contribution in [3.05, 3.63) is 72.6 Å². The topological polar surface area (TPSA) is 39.2 Å². The molecule has 3 heteroatoms. The van der Waals surface area contributed by atoms with Crippen LogP contribution in [0.15, 0.2) is 67.0 Å². The van der Waals surface area contributed by atoms with Gasteiger partial charge in [-0.15, -0.1) is 0 Å². The van der Waals surface area contributed by atoms with Gasteiger partial charge in [-0.3, -0.25) is 4.98 Å². The fraction of sp³-hybridized carbons (Fsp3) is 0. The molecule has 0 bridgehead atoms. The SMILES string of the molecule is O=C(Oc1cccc2cnccc12)c1ccccc1. The van der Waals surface area contributed by atoms with E-state index in [0.29, 0.717) is 11.3 Å². The van der Waals surface area contributed by atoms with E-state index in [2.05, 4.69) is 4.98 Å². The molecule has 0 aliphatic carbocycles. The third kappa shape index (κ3) is 2.31. The molecule has 3 nitrogen and oxygen atoms in total. The van der Waals surface area contributed by atoms with Crippen LogP contribution in [-0.4, -0.2) is 11.0 Å². The van der Waals surface area contributed by atoms with Crippen molar-refractivity contribution < 1.29 is 9.53 Å². The molecule has 0 unspecified atom stereocenters. The molecule has 0 aliphatic heterocycles. The van der Waals surface area contributed by atoms with Crippen LogP contribution in [0.4, 0.5) is 0 Å². The summed E-state index contributed by atoms with van der Waals surface area (Å²) >= 11 is 0. The third-order valence-corrected chi connectivity index (χ3v) is 2.85. The Bertz CT molecular complexity index is 718. The molecule has 2 aromatic carbocycles. The van der Waals surface area contributed by atoms with E-state index in [1.54, 1.807) is 30.6 Å². The van der Waals surface area contributed by atoms with Crippen LogP contribution in [0.5, 0.6) is 5.75 Å². The molecule has 0 saturated heterocycles. The molecule has 3 aromatic rings. The fourth-order valence-electron chi connectivity index (χ4n) is 1.91. The lowest BCUT2D eigenvalue weighted by atomic mass is 10.1. The number of benzene rings is 2. The van der Waals surface area contributed by atoms with Gasteiger partial charge in [0, 0.05) is 23.2 Å². The van der Waals surface area contributed by atoms with Crippen molar-refractivity contribution in [2.75, 3.05) is 0 Å². The number of fused-ring (bicyclic) bond motifs is 1. The smallest absolute Gasteiger partial charge is 0.343 e. The van der Waals surface area contributed by atoms with Gasteiger partial charge in [0.2, 0.25) is 0 Å². The number of aromatic nitrogens is 1. The van der Waals surface area contributed by atoms with Gasteiger partial charge in [-0.1, -0.05) is 30.3 Å². The number of nitrogens with zero attached hydrogens (tertiary/aromatic N) is 1. The summed E-state index contributed by atoms with van der Waals surface area (Å²) in [6.07, 6.45) is 3.43. The second kappa shape index (κ2) is 4.90. The van der Waals surface area contributed by atoms with Crippen LogP contribution in [0, 0.1) is 0 Å². The number of hydrogen-bond acceptors (Lipinski definition) is 3. The maximum atomic E-state index is 12.0. The molecule has 0 fully saturated rings. The number of carbonyl (C=O) groups excluding carboxylic acids is 1. The Labute approximate surface area is 110 Å². The molecule has 0 atom stereocenters. The van der Waals surface area contributed by atoms with E-state index in [1.807, 2.05) is 36.4 Å². The Morgan fingerprint density at radius 1 is 0.947 bits per heavy atom. The maximum absolute atomic E-state index is 12.0. The van der Waals surface area contributed by atoms with Crippen molar-refractivity contribution >= 4 is 16.7 Å². The molecule has 1 heterocycles. The highest BCUT2D eigenvalue weighted by molar-refractivity contribution is 5.95. The first-order valence-corrected chi connectivity index (χ1v) is 5.94. The molecule has 0 aliphatic rings. The summed E-state index contributed by atoms with van der Waals surface area (Å²) in [6.45, 7) is 0. The van der Waals surface area contributed by atoms with Crippen LogP contribution in [0.25, 0.3) is 10.8 Å². The predicted molar refractivity (Wildman–Crippen MR) is 73.1 cm³/mol. The summed E-state index contributed by atoms with van der Waals surface area (Å²) in [7, 11) is 0. The summed E-state index contributed by atoms with van der Waals surface area (Å²) in [6, 6.07) is 16.3. The van der Waals surface area contributed by atoms with Gasteiger partial charge in [-0.25, -0.2) is 4.79 Å². The lowest BCUT2D eigenvalue weighted by Gasteiger charge is -2.07. The first kappa shape index (κ1) is 11.4. The minimum Gasteiger partial charge on any atom is -0.422 e. The van der Waals surface area contributed by atoms with Crippen LogP contribution >= 0.6 is 0 Å². The molecule has 0 radical (unpaired) electrons. The van der Waals surface area contributed by atoms with Crippen LogP contribution in [0.1, 0.15) is 10.4 Å². The maximum Gasteiger partial charge on any atom is 0.343 e. The van der Waals surface area contributed by atoms with E-state index in [0.717, 1.165) is 10.8 Å². The molecule has 3 rings (SSSR count). The van der Waals surface area contributed by atoms with Gasteiger partial charge in [-0.2, -0.15) is 0 Å². The number of ether oxygens (including phenoxy) is 1. The monoisotopic (exact) mass is 249 g/mol. The number of carbonyl (C=O) groups is 1. The van der Waals surface area contributed by atoms with E-state index in [-0.39, 0.29) is 5.97 Å². The molecule has 19 heavy (non-hydrogen) atoms. The van der Waals surface area contributed by atoms with Gasteiger partial charge in [0.05, 0.1) is 5.56 Å². The van der Waals surface area contributed by atoms with Gasteiger partial charge in [-0.05, 0) is 24.3 Å². The third-order valence-electron chi connectivity index (χ3n) is 2.85. The van der Waals surface area contributed by atoms with Gasteiger partial charge < -0.3 is 4.74 Å². The highest BCUT2D eigenvalue weighted by Crippen LogP contribution is 2.25. The highest BCUT2D eigenvalue weighted by atomic mass is 16.5. The average Bonchev–Trinajstić information content (AvgIpc) is 2.48. The highest BCUT2D eigenvalue weighted by Gasteiger charge is 2.09. The van der Waals surface area contributed by atoms with Crippen LogP contribution in [-0.2, 0) is 0 Å². The molecule has 0 amide bonds. The van der Waals surface area contributed by atoms with Crippen molar-refractivity contribution in [3.63, 3.8) is 0 Å². The number of pyridine rings is 1. The molecular formula is C16H11NO2. The van der Waals surface area contributed by atoms with E-state index in [4.69, 9.17) is 4.74 Å².